The number of ether oxygens (including phenoxy) is 1. The summed E-state index contributed by atoms with van der Waals surface area (Å²) in [6.07, 6.45) is 1.05. The minimum Gasteiger partial charge on any atom is -0.363 e. The third-order valence-electron chi connectivity index (χ3n) is 2.92. The maximum atomic E-state index is 12.3. The zero-order valence-electron chi connectivity index (χ0n) is 13.3. The lowest BCUT2D eigenvalue weighted by molar-refractivity contribution is -0.148. The summed E-state index contributed by atoms with van der Waals surface area (Å²) in [5.41, 5.74) is -0.766. The van der Waals surface area contributed by atoms with Gasteiger partial charge in [-0.2, -0.15) is 0 Å². The van der Waals surface area contributed by atoms with Crippen LogP contribution in [0.2, 0.25) is 0 Å². The summed E-state index contributed by atoms with van der Waals surface area (Å²) in [6, 6.07) is 0.215. The van der Waals surface area contributed by atoms with Crippen LogP contribution in [-0.2, 0) is 9.53 Å². The molecule has 110 valence electrons. The second-order valence-corrected chi connectivity index (χ2v) is 6.63. The Balaban J connectivity index is 0. The number of carbonyl (C=O) groups excluding carboxylic acids is 1. The van der Waals surface area contributed by atoms with E-state index in [1.54, 1.807) is 0 Å². The molecular weight excluding hydrogens is 226 g/mol. The van der Waals surface area contributed by atoms with Gasteiger partial charge in [0.2, 0.25) is 0 Å². The summed E-state index contributed by atoms with van der Waals surface area (Å²) < 4.78 is 5.67. The molecule has 0 rings (SSSR count). The molecule has 18 heavy (non-hydrogen) atoms. The zero-order valence-corrected chi connectivity index (χ0v) is 13.3. The molecule has 0 saturated heterocycles. The van der Waals surface area contributed by atoms with Crippen molar-refractivity contribution in [3.8, 4) is 0 Å². The summed E-state index contributed by atoms with van der Waals surface area (Å²) in [6.45, 7) is 16.2. The first-order chi connectivity index (χ1) is 8.06. The minimum absolute atomic E-state index is 0. The molecule has 0 spiro atoms. The van der Waals surface area contributed by atoms with Crippen molar-refractivity contribution in [2.45, 2.75) is 79.6 Å². The maximum Gasteiger partial charge on any atom is 0.251 e. The molecule has 0 fully saturated rings. The van der Waals surface area contributed by atoms with E-state index >= 15 is 0 Å². The predicted molar refractivity (Wildman–Crippen MR) is 78.6 cm³/mol. The molecule has 0 bridgehead atoms. The van der Waals surface area contributed by atoms with E-state index < -0.39 is 5.60 Å². The van der Waals surface area contributed by atoms with Gasteiger partial charge in [-0.15, -0.1) is 0 Å². The monoisotopic (exact) mass is 259 g/mol. The summed E-state index contributed by atoms with van der Waals surface area (Å²) >= 11 is 0. The highest BCUT2D eigenvalue weighted by atomic mass is 16.5. The molecule has 1 unspecified atom stereocenters. The first-order valence-corrected chi connectivity index (χ1v) is 7.05. The molecule has 0 heterocycles. The van der Waals surface area contributed by atoms with Gasteiger partial charge in [-0.25, -0.2) is 0 Å². The van der Waals surface area contributed by atoms with Crippen LogP contribution in [0, 0.1) is 11.8 Å². The second-order valence-electron chi connectivity index (χ2n) is 6.63. The lowest BCUT2D eigenvalue weighted by atomic mass is 9.93. The van der Waals surface area contributed by atoms with Crippen LogP contribution in [0.4, 0.5) is 0 Å². The average Bonchev–Trinajstić information content (AvgIpc) is 2.13. The number of amides is 1. The van der Waals surface area contributed by atoms with Crippen molar-refractivity contribution in [3.63, 3.8) is 0 Å². The first-order valence-electron chi connectivity index (χ1n) is 7.05. The second kappa shape index (κ2) is 7.13. The molecule has 0 radical (unpaired) electrons. The van der Waals surface area contributed by atoms with Crippen LogP contribution in [0.25, 0.3) is 0 Å². The van der Waals surface area contributed by atoms with Crippen molar-refractivity contribution >= 4 is 5.91 Å². The molecule has 3 nitrogen and oxygen atoms in total. The Morgan fingerprint density at radius 3 is 2.00 bits per heavy atom. The van der Waals surface area contributed by atoms with Crippen LogP contribution < -0.4 is 5.32 Å². The fraction of sp³-hybridized carbons (Fsp3) is 0.933. The molecular formula is C15H33NO2. The quantitative estimate of drug-likeness (QED) is 0.758. The van der Waals surface area contributed by atoms with Crippen molar-refractivity contribution in [3.05, 3.63) is 0 Å². The number of hydrogen-bond donors (Lipinski definition) is 1. The number of rotatable bonds is 7. The van der Waals surface area contributed by atoms with Crippen molar-refractivity contribution in [1.82, 2.24) is 5.32 Å². The minimum atomic E-state index is -0.766. The molecule has 0 aliphatic rings. The summed E-state index contributed by atoms with van der Waals surface area (Å²) in [5.74, 6) is 0.994. The van der Waals surface area contributed by atoms with Gasteiger partial charge >= 0.3 is 0 Å². The van der Waals surface area contributed by atoms with Crippen LogP contribution in [0.15, 0.2) is 0 Å². The van der Waals surface area contributed by atoms with E-state index in [-0.39, 0.29) is 19.5 Å². The third kappa shape index (κ3) is 6.39. The zero-order chi connectivity index (χ0) is 14.5. The van der Waals surface area contributed by atoms with Gasteiger partial charge in [0.25, 0.3) is 5.91 Å². The van der Waals surface area contributed by atoms with Crippen molar-refractivity contribution in [2.75, 3.05) is 0 Å². The van der Waals surface area contributed by atoms with Gasteiger partial charge in [0.15, 0.2) is 0 Å². The van der Waals surface area contributed by atoms with Gasteiger partial charge in [0.05, 0.1) is 6.10 Å². The lowest BCUT2D eigenvalue weighted by Crippen LogP contribution is -2.50. The van der Waals surface area contributed by atoms with Crippen LogP contribution in [0.5, 0.6) is 0 Å². The van der Waals surface area contributed by atoms with Crippen LogP contribution >= 0.6 is 0 Å². The topological polar surface area (TPSA) is 38.3 Å². The summed E-state index contributed by atoms with van der Waals surface area (Å²) in [4.78, 5) is 12.3. The maximum absolute atomic E-state index is 12.3. The normalized spacial score (nSPS) is 14.4. The largest absolute Gasteiger partial charge is 0.363 e. The van der Waals surface area contributed by atoms with E-state index in [4.69, 9.17) is 4.74 Å². The van der Waals surface area contributed by atoms with Crippen molar-refractivity contribution in [1.29, 1.82) is 0 Å². The lowest BCUT2D eigenvalue weighted by Gasteiger charge is -2.31. The van der Waals surface area contributed by atoms with Gasteiger partial charge in [-0.05, 0) is 46.0 Å². The fourth-order valence-electron chi connectivity index (χ4n) is 1.99. The smallest absolute Gasteiger partial charge is 0.251 e. The Morgan fingerprint density at radius 1 is 1.17 bits per heavy atom. The first kappa shape index (κ1) is 17.4. The number of carbonyl (C=O) groups is 1. The Labute approximate surface area is 114 Å². The van der Waals surface area contributed by atoms with E-state index in [0.29, 0.717) is 11.8 Å². The average molecular weight is 259 g/mol. The number of nitrogens with one attached hydrogen (secondary N) is 1. The Hall–Kier alpha value is -0.570. The van der Waals surface area contributed by atoms with Gasteiger partial charge in [0.1, 0.15) is 5.60 Å². The third-order valence-corrected chi connectivity index (χ3v) is 2.92. The highest BCUT2D eigenvalue weighted by molar-refractivity contribution is 5.84. The molecule has 0 aliphatic carbocycles. The van der Waals surface area contributed by atoms with Gasteiger partial charge in [0, 0.05) is 7.47 Å². The molecule has 1 amide bonds. The van der Waals surface area contributed by atoms with E-state index in [9.17, 15) is 4.79 Å². The Morgan fingerprint density at radius 2 is 1.67 bits per heavy atom. The van der Waals surface area contributed by atoms with Gasteiger partial charge < -0.3 is 10.1 Å². The molecule has 0 aromatic rings. The van der Waals surface area contributed by atoms with Crippen molar-refractivity contribution in [2.24, 2.45) is 11.8 Å². The molecule has 0 aromatic heterocycles. The summed E-state index contributed by atoms with van der Waals surface area (Å²) in [5, 5.41) is 3.13. The van der Waals surface area contributed by atoms with Crippen LogP contribution in [0.1, 0.15) is 63.2 Å². The molecule has 0 aromatic carbocycles. The van der Waals surface area contributed by atoms with Crippen LogP contribution in [-0.4, -0.2) is 23.7 Å². The predicted octanol–water partition coefficient (Wildman–Crippen LogP) is 3.62. The summed E-state index contributed by atoms with van der Waals surface area (Å²) in [7, 11) is 0. The Kier molecular flexibility index (Phi) is 6.90. The molecule has 1 atom stereocenters. The SMILES string of the molecule is CC(C)CC(NC(=O)C(C)(C)OC(C)C)C(C)C.[HH]. The van der Waals surface area contributed by atoms with Crippen molar-refractivity contribution < 1.29 is 11.0 Å². The highest BCUT2D eigenvalue weighted by Gasteiger charge is 2.31. The highest BCUT2D eigenvalue weighted by Crippen LogP contribution is 2.17. The standard InChI is InChI=1S/C15H31NO2.H2/c1-10(2)9-13(11(3)4)16-14(17)15(7,8)18-12(5)6;/h10-13H,9H2,1-8H3,(H,16,17);1H. The van der Waals surface area contributed by atoms with E-state index in [2.05, 4.69) is 33.0 Å². The molecule has 0 saturated carbocycles. The van der Waals surface area contributed by atoms with E-state index in [1.807, 2.05) is 27.7 Å². The number of hydrogen-bond acceptors (Lipinski definition) is 2. The van der Waals surface area contributed by atoms with E-state index in [1.165, 1.54) is 0 Å². The van der Waals surface area contributed by atoms with Crippen LogP contribution in [0.3, 0.4) is 0 Å². The fourth-order valence-corrected chi connectivity index (χ4v) is 1.99. The van der Waals surface area contributed by atoms with Gasteiger partial charge in [-0.1, -0.05) is 27.7 Å². The van der Waals surface area contributed by atoms with E-state index in [0.717, 1.165) is 6.42 Å². The molecule has 0 aliphatic heterocycles. The van der Waals surface area contributed by atoms with Gasteiger partial charge in [-0.3, -0.25) is 4.79 Å². The Bertz CT molecular complexity index is 263. The molecule has 3 heteroatoms. The molecule has 1 N–H and O–H groups in total.